The van der Waals surface area contributed by atoms with Gasteiger partial charge in [-0.05, 0) is 30.2 Å². The van der Waals surface area contributed by atoms with Crippen LogP contribution < -0.4 is 9.47 Å². The summed E-state index contributed by atoms with van der Waals surface area (Å²) in [5.41, 5.74) is 3.02. The molecule has 0 bridgehead atoms. The third-order valence-electron chi connectivity index (χ3n) is 4.55. The monoisotopic (exact) mass is 352 g/mol. The van der Waals surface area contributed by atoms with Crippen molar-refractivity contribution in [1.82, 2.24) is 0 Å². The fourth-order valence-corrected chi connectivity index (χ4v) is 2.89. The summed E-state index contributed by atoms with van der Waals surface area (Å²) in [7, 11) is 0. The van der Waals surface area contributed by atoms with Crippen LogP contribution >= 0.6 is 0 Å². The highest BCUT2D eigenvalue weighted by Crippen LogP contribution is 2.35. The van der Waals surface area contributed by atoms with Crippen LogP contribution in [-0.4, -0.2) is 18.7 Å². The van der Waals surface area contributed by atoms with Gasteiger partial charge in [-0.2, -0.15) is 0 Å². The summed E-state index contributed by atoms with van der Waals surface area (Å²) in [6.45, 7) is 8.81. The molecule has 4 nitrogen and oxygen atoms in total. The molecule has 0 aliphatic carbocycles. The third kappa shape index (κ3) is 4.07. The van der Waals surface area contributed by atoms with Crippen LogP contribution in [0.2, 0.25) is 0 Å². The van der Waals surface area contributed by atoms with E-state index in [1.165, 1.54) is 0 Å². The van der Waals surface area contributed by atoms with Crippen molar-refractivity contribution in [1.29, 1.82) is 0 Å². The van der Waals surface area contributed by atoms with E-state index in [4.69, 9.17) is 14.2 Å². The summed E-state index contributed by atoms with van der Waals surface area (Å²) >= 11 is 0. The van der Waals surface area contributed by atoms with E-state index < -0.39 is 6.10 Å². The first kappa shape index (κ1) is 18.1. The average molecular weight is 352 g/mol. The number of benzene rings is 2. The number of esters is 1. The minimum absolute atomic E-state index is 0.0714. The van der Waals surface area contributed by atoms with Gasteiger partial charge in [0, 0.05) is 17.9 Å². The lowest BCUT2D eigenvalue weighted by Crippen LogP contribution is -2.22. The Morgan fingerprint density at radius 3 is 2.69 bits per heavy atom. The Hall–Kier alpha value is -2.75. The van der Waals surface area contributed by atoms with Crippen LogP contribution in [0.3, 0.4) is 0 Å². The molecule has 2 aromatic rings. The number of allylic oxidation sites excluding steroid dienone is 1. The highest BCUT2D eigenvalue weighted by Gasteiger charge is 2.29. The molecule has 0 N–H and O–H groups in total. The number of aryl methyl sites for hydroxylation is 1. The van der Waals surface area contributed by atoms with Gasteiger partial charge in [-0.3, -0.25) is 0 Å². The normalized spacial score (nSPS) is 17.5. The lowest BCUT2D eigenvalue weighted by molar-refractivity contribution is -0.143. The Morgan fingerprint density at radius 1 is 1.27 bits per heavy atom. The van der Waals surface area contributed by atoms with Gasteiger partial charge in [0.05, 0.1) is 6.61 Å². The number of hydrogen-bond acceptors (Lipinski definition) is 4. The van der Waals surface area contributed by atoms with E-state index in [-0.39, 0.29) is 11.9 Å². The standard InChI is InChI=1S/C22H24O4/c1-4-15(2)18-13-20(25-14-17-8-6-5-7-9-17)16(3)12-21(18)26-19-10-11-24-22(19)23/h4-9,12-13,15,19H,1,10-11,14H2,2-3H3. The first-order chi connectivity index (χ1) is 12.6. The first-order valence-electron chi connectivity index (χ1n) is 8.85. The van der Waals surface area contributed by atoms with Crippen LogP contribution in [0, 0.1) is 6.92 Å². The summed E-state index contributed by atoms with van der Waals surface area (Å²) in [6.07, 6.45) is 1.89. The second kappa shape index (κ2) is 8.09. The van der Waals surface area contributed by atoms with Gasteiger partial charge in [0.25, 0.3) is 0 Å². The van der Waals surface area contributed by atoms with E-state index in [9.17, 15) is 4.79 Å². The van der Waals surface area contributed by atoms with Crippen molar-refractivity contribution in [3.8, 4) is 11.5 Å². The maximum absolute atomic E-state index is 11.7. The first-order valence-corrected chi connectivity index (χ1v) is 8.85. The smallest absolute Gasteiger partial charge is 0.347 e. The molecule has 0 amide bonds. The number of cyclic esters (lactones) is 1. The summed E-state index contributed by atoms with van der Waals surface area (Å²) in [5.74, 6) is 1.26. The summed E-state index contributed by atoms with van der Waals surface area (Å²) < 4.78 is 17.0. The summed E-state index contributed by atoms with van der Waals surface area (Å²) in [4.78, 5) is 11.7. The topological polar surface area (TPSA) is 44.8 Å². The molecule has 1 aliphatic heterocycles. The molecular formula is C22H24O4. The molecular weight excluding hydrogens is 328 g/mol. The van der Waals surface area contributed by atoms with E-state index >= 15 is 0 Å². The second-order valence-electron chi connectivity index (χ2n) is 6.52. The van der Waals surface area contributed by atoms with Crippen LogP contribution in [0.15, 0.2) is 55.1 Å². The van der Waals surface area contributed by atoms with Crippen molar-refractivity contribution in [2.24, 2.45) is 0 Å². The fraction of sp³-hybridized carbons (Fsp3) is 0.318. The number of hydrogen-bond donors (Lipinski definition) is 0. The van der Waals surface area contributed by atoms with E-state index in [1.54, 1.807) is 0 Å². The van der Waals surface area contributed by atoms with Gasteiger partial charge < -0.3 is 14.2 Å². The van der Waals surface area contributed by atoms with Crippen LogP contribution in [-0.2, 0) is 16.1 Å². The Balaban J connectivity index is 1.84. The number of carbonyl (C=O) groups excluding carboxylic acids is 1. The van der Waals surface area contributed by atoms with Crippen molar-refractivity contribution in [3.63, 3.8) is 0 Å². The van der Waals surface area contributed by atoms with E-state index in [1.807, 2.05) is 62.4 Å². The van der Waals surface area contributed by atoms with Crippen LogP contribution in [0.1, 0.15) is 36.0 Å². The molecule has 1 aliphatic rings. The van der Waals surface area contributed by atoms with Crippen LogP contribution in [0.4, 0.5) is 0 Å². The predicted octanol–water partition coefficient (Wildman–Crippen LogP) is 4.56. The Morgan fingerprint density at radius 2 is 2.04 bits per heavy atom. The SMILES string of the molecule is C=CC(C)c1cc(OCc2ccccc2)c(C)cc1OC1CCOC1=O. The molecule has 26 heavy (non-hydrogen) atoms. The molecule has 0 spiro atoms. The van der Waals surface area contributed by atoms with E-state index in [0.29, 0.717) is 25.4 Å². The van der Waals surface area contributed by atoms with Gasteiger partial charge in [0.1, 0.15) is 18.1 Å². The van der Waals surface area contributed by atoms with Gasteiger partial charge >= 0.3 is 5.97 Å². The molecule has 4 heteroatoms. The molecule has 1 heterocycles. The average Bonchev–Trinajstić information content (AvgIpc) is 3.06. The maximum Gasteiger partial charge on any atom is 0.347 e. The fourth-order valence-electron chi connectivity index (χ4n) is 2.89. The molecule has 0 radical (unpaired) electrons. The molecule has 0 aromatic heterocycles. The molecule has 3 rings (SSSR count). The zero-order valence-electron chi connectivity index (χ0n) is 15.2. The van der Waals surface area contributed by atoms with E-state index in [0.717, 1.165) is 22.4 Å². The van der Waals surface area contributed by atoms with Gasteiger partial charge in [-0.1, -0.05) is 43.3 Å². The zero-order valence-corrected chi connectivity index (χ0v) is 15.2. The van der Waals surface area contributed by atoms with E-state index in [2.05, 4.69) is 6.58 Å². The summed E-state index contributed by atoms with van der Waals surface area (Å²) in [6, 6.07) is 14.0. The van der Waals surface area contributed by atoms with Crippen molar-refractivity contribution in [3.05, 3.63) is 71.8 Å². The molecule has 2 atom stereocenters. The Bertz CT molecular complexity index is 782. The summed E-state index contributed by atoms with van der Waals surface area (Å²) in [5, 5.41) is 0. The molecule has 2 aromatic carbocycles. The van der Waals surface area contributed by atoms with Gasteiger partial charge in [0.15, 0.2) is 6.10 Å². The van der Waals surface area contributed by atoms with Crippen molar-refractivity contribution in [2.45, 2.75) is 38.9 Å². The number of ether oxygens (including phenoxy) is 3. The molecule has 1 fully saturated rings. The second-order valence-corrected chi connectivity index (χ2v) is 6.52. The minimum atomic E-state index is -0.541. The van der Waals surface area contributed by atoms with Crippen molar-refractivity contribution in [2.75, 3.05) is 6.61 Å². The minimum Gasteiger partial charge on any atom is -0.489 e. The highest BCUT2D eigenvalue weighted by atomic mass is 16.6. The van der Waals surface area contributed by atoms with Gasteiger partial charge in [-0.25, -0.2) is 4.79 Å². The molecule has 2 unspecified atom stereocenters. The lowest BCUT2D eigenvalue weighted by Gasteiger charge is -2.20. The van der Waals surface area contributed by atoms with Crippen molar-refractivity contribution >= 4 is 5.97 Å². The van der Waals surface area contributed by atoms with Crippen molar-refractivity contribution < 1.29 is 19.0 Å². The largest absolute Gasteiger partial charge is 0.489 e. The zero-order chi connectivity index (χ0) is 18.5. The number of carbonyl (C=O) groups is 1. The quantitative estimate of drug-likeness (QED) is 0.541. The Kier molecular flexibility index (Phi) is 5.61. The molecule has 1 saturated heterocycles. The highest BCUT2D eigenvalue weighted by molar-refractivity contribution is 5.77. The lowest BCUT2D eigenvalue weighted by atomic mass is 9.98. The maximum atomic E-state index is 11.7. The number of rotatable bonds is 7. The van der Waals surface area contributed by atoms with Gasteiger partial charge in [0.2, 0.25) is 0 Å². The predicted molar refractivity (Wildman–Crippen MR) is 101 cm³/mol. The molecule has 0 saturated carbocycles. The van der Waals surface area contributed by atoms with Crippen LogP contribution in [0.5, 0.6) is 11.5 Å². The van der Waals surface area contributed by atoms with Gasteiger partial charge in [-0.15, -0.1) is 6.58 Å². The van der Waals surface area contributed by atoms with Crippen LogP contribution in [0.25, 0.3) is 0 Å². The molecule has 136 valence electrons. The third-order valence-corrected chi connectivity index (χ3v) is 4.55. The Labute approximate surface area is 154 Å².